The minimum Gasteiger partial charge on any atom is -0.494 e. The summed E-state index contributed by atoms with van der Waals surface area (Å²) in [6.45, 7) is 2.22. The second-order valence-electron chi connectivity index (χ2n) is 4.47. The summed E-state index contributed by atoms with van der Waals surface area (Å²) >= 11 is 7.74. The normalized spacial score (nSPS) is 12.8. The maximum absolute atomic E-state index is 5.90. The van der Waals surface area contributed by atoms with E-state index in [-0.39, 0.29) is 0 Å². The maximum atomic E-state index is 5.90. The minimum absolute atomic E-state index is 0.394. The van der Waals surface area contributed by atoms with Gasteiger partial charge in [0.05, 0.1) is 12.6 Å². The molecule has 0 aliphatic heterocycles. The Morgan fingerprint density at radius 2 is 2.26 bits per heavy atom. The Kier molecular flexibility index (Phi) is 4.99. The highest BCUT2D eigenvalue weighted by Gasteiger charge is 2.17. The zero-order valence-corrected chi connectivity index (χ0v) is 13.1. The van der Waals surface area contributed by atoms with Gasteiger partial charge in [-0.2, -0.15) is 11.8 Å². The van der Waals surface area contributed by atoms with Gasteiger partial charge in [-0.05, 0) is 25.3 Å². The molecule has 0 fully saturated rings. The molecule has 0 aliphatic rings. The molecule has 19 heavy (non-hydrogen) atoms. The van der Waals surface area contributed by atoms with E-state index in [1.807, 2.05) is 23.9 Å². The molecular formula is C14H19ClN2OS. The van der Waals surface area contributed by atoms with E-state index in [0.717, 1.165) is 34.8 Å². The van der Waals surface area contributed by atoms with Crippen molar-refractivity contribution in [3.63, 3.8) is 0 Å². The first-order valence-electron chi connectivity index (χ1n) is 6.31. The van der Waals surface area contributed by atoms with Crippen LogP contribution >= 0.6 is 23.4 Å². The standard InChI is InChI=1S/C14H19ClN2OS/c1-10(9-19-3)17-11-5-4-6-12(18-2)14(11)16-13(17)7-8-15/h4-6,10H,7-9H2,1-3H3. The van der Waals surface area contributed by atoms with E-state index in [1.54, 1.807) is 7.11 Å². The van der Waals surface area contributed by atoms with Crippen molar-refractivity contribution in [1.29, 1.82) is 0 Å². The third-order valence-electron chi connectivity index (χ3n) is 3.14. The van der Waals surface area contributed by atoms with Gasteiger partial charge in [-0.3, -0.25) is 0 Å². The number of aromatic nitrogens is 2. The molecule has 0 saturated heterocycles. The number of alkyl halides is 1. The smallest absolute Gasteiger partial charge is 0.146 e. The zero-order valence-electron chi connectivity index (χ0n) is 11.5. The summed E-state index contributed by atoms with van der Waals surface area (Å²) in [6.07, 6.45) is 2.90. The van der Waals surface area contributed by atoms with Crippen molar-refractivity contribution in [3.8, 4) is 5.75 Å². The Morgan fingerprint density at radius 3 is 2.89 bits per heavy atom. The molecule has 2 aromatic rings. The second-order valence-corrected chi connectivity index (χ2v) is 5.76. The van der Waals surface area contributed by atoms with E-state index >= 15 is 0 Å². The van der Waals surface area contributed by atoms with Crippen LogP contribution in [0.3, 0.4) is 0 Å². The molecule has 0 saturated carbocycles. The van der Waals surface area contributed by atoms with Crippen molar-refractivity contribution in [2.24, 2.45) is 0 Å². The molecule has 1 heterocycles. The molecule has 0 radical (unpaired) electrons. The third-order valence-corrected chi connectivity index (χ3v) is 4.15. The number of benzene rings is 1. The van der Waals surface area contributed by atoms with Crippen LogP contribution in [0, 0.1) is 0 Å². The fourth-order valence-electron chi connectivity index (χ4n) is 2.37. The van der Waals surface area contributed by atoms with Gasteiger partial charge in [-0.25, -0.2) is 4.98 Å². The van der Waals surface area contributed by atoms with Gasteiger partial charge in [-0.1, -0.05) is 6.07 Å². The van der Waals surface area contributed by atoms with Crippen LogP contribution in [0.5, 0.6) is 5.75 Å². The van der Waals surface area contributed by atoms with E-state index in [0.29, 0.717) is 11.9 Å². The highest BCUT2D eigenvalue weighted by molar-refractivity contribution is 7.98. The fourth-order valence-corrected chi connectivity index (χ4v) is 3.17. The molecule has 2 rings (SSSR count). The lowest BCUT2D eigenvalue weighted by Gasteiger charge is -2.16. The van der Waals surface area contributed by atoms with Crippen molar-refractivity contribution in [2.45, 2.75) is 19.4 Å². The molecule has 0 amide bonds. The average Bonchev–Trinajstić information content (AvgIpc) is 2.77. The van der Waals surface area contributed by atoms with Crippen molar-refractivity contribution >= 4 is 34.4 Å². The molecular weight excluding hydrogens is 280 g/mol. The van der Waals surface area contributed by atoms with Crippen molar-refractivity contribution in [3.05, 3.63) is 24.0 Å². The van der Waals surface area contributed by atoms with Crippen LogP contribution in [-0.2, 0) is 6.42 Å². The first-order chi connectivity index (χ1) is 9.22. The van der Waals surface area contributed by atoms with E-state index in [1.165, 1.54) is 0 Å². The van der Waals surface area contributed by atoms with Crippen LogP contribution in [0.15, 0.2) is 18.2 Å². The Labute approximate surface area is 123 Å². The van der Waals surface area contributed by atoms with E-state index in [4.69, 9.17) is 21.3 Å². The number of hydrogen-bond donors (Lipinski definition) is 0. The first-order valence-corrected chi connectivity index (χ1v) is 8.24. The van der Waals surface area contributed by atoms with Gasteiger partial charge in [-0.15, -0.1) is 11.6 Å². The molecule has 1 aromatic heterocycles. The molecule has 0 spiro atoms. The number of hydrogen-bond acceptors (Lipinski definition) is 3. The summed E-state index contributed by atoms with van der Waals surface area (Å²) in [5.41, 5.74) is 2.05. The second kappa shape index (κ2) is 6.53. The van der Waals surface area contributed by atoms with Crippen LogP contribution in [0.1, 0.15) is 18.8 Å². The van der Waals surface area contributed by atoms with Gasteiger partial charge in [0.25, 0.3) is 0 Å². The highest BCUT2D eigenvalue weighted by atomic mass is 35.5. The van der Waals surface area contributed by atoms with Crippen molar-refractivity contribution in [2.75, 3.05) is 25.0 Å². The van der Waals surface area contributed by atoms with Crippen LogP contribution in [0.4, 0.5) is 0 Å². The van der Waals surface area contributed by atoms with Gasteiger partial charge in [0.15, 0.2) is 0 Å². The summed E-state index contributed by atoms with van der Waals surface area (Å²) in [7, 11) is 1.68. The predicted octanol–water partition coefficient (Wildman–Crippen LogP) is 3.75. The van der Waals surface area contributed by atoms with E-state index < -0.39 is 0 Å². The summed E-state index contributed by atoms with van der Waals surface area (Å²) < 4.78 is 7.69. The third kappa shape index (κ3) is 2.84. The summed E-state index contributed by atoms with van der Waals surface area (Å²) in [5.74, 6) is 3.50. The molecule has 0 bridgehead atoms. The van der Waals surface area contributed by atoms with Crippen LogP contribution < -0.4 is 4.74 Å². The number of thioether (sulfide) groups is 1. The van der Waals surface area contributed by atoms with Gasteiger partial charge >= 0.3 is 0 Å². The lowest BCUT2D eigenvalue weighted by atomic mass is 10.2. The summed E-state index contributed by atoms with van der Waals surface area (Å²) in [4.78, 5) is 4.72. The fraction of sp³-hybridized carbons (Fsp3) is 0.500. The van der Waals surface area contributed by atoms with Gasteiger partial charge in [0, 0.05) is 24.1 Å². The summed E-state index contributed by atoms with van der Waals surface area (Å²) in [5, 5.41) is 0. The maximum Gasteiger partial charge on any atom is 0.146 e. The quantitative estimate of drug-likeness (QED) is 0.760. The van der Waals surface area contributed by atoms with E-state index in [2.05, 4.69) is 23.8 Å². The number of methoxy groups -OCH3 is 1. The SMILES string of the molecule is COc1cccc2c1nc(CCCl)n2C(C)CSC. The number of rotatable bonds is 6. The Bertz CT molecular complexity index is 556. The van der Waals surface area contributed by atoms with Crippen molar-refractivity contribution in [1.82, 2.24) is 9.55 Å². The number of imidazole rings is 1. The first kappa shape index (κ1) is 14.5. The number of halogens is 1. The minimum atomic E-state index is 0.394. The van der Waals surface area contributed by atoms with Gasteiger partial charge in [0.2, 0.25) is 0 Å². The van der Waals surface area contributed by atoms with Gasteiger partial charge in [0.1, 0.15) is 17.1 Å². The molecule has 3 nitrogen and oxygen atoms in total. The lowest BCUT2D eigenvalue weighted by molar-refractivity contribution is 0.419. The van der Waals surface area contributed by atoms with Crippen molar-refractivity contribution < 1.29 is 4.74 Å². The Balaban J connectivity index is 2.60. The molecule has 0 aliphatic carbocycles. The largest absolute Gasteiger partial charge is 0.494 e. The lowest BCUT2D eigenvalue weighted by Crippen LogP contribution is -2.12. The Morgan fingerprint density at radius 1 is 1.47 bits per heavy atom. The predicted molar refractivity (Wildman–Crippen MR) is 83.8 cm³/mol. The molecule has 104 valence electrons. The monoisotopic (exact) mass is 298 g/mol. The number of ether oxygens (including phenoxy) is 1. The average molecular weight is 299 g/mol. The van der Waals surface area contributed by atoms with E-state index in [9.17, 15) is 0 Å². The molecule has 0 N–H and O–H groups in total. The Hall–Kier alpha value is -0.870. The summed E-state index contributed by atoms with van der Waals surface area (Å²) in [6, 6.07) is 6.45. The molecule has 1 atom stereocenters. The van der Waals surface area contributed by atoms with Gasteiger partial charge < -0.3 is 9.30 Å². The molecule has 5 heteroatoms. The molecule has 1 unspecified atom stereocenters. The zero-order chi connectivity index (χ0) is 13.8. The van der Waals surface area contributed by atoms with Crippen LogP contribution in [0.25, 0.3) is 11.0 Å². The number of nitrogens with zero attached hydrogens (tertiary/aromatic N) is 2. The topological polar surface area (TPSA) is 27.1 Å². The molecule has 1 aromatic carbocycles. The number of para-hydroxylation sites is 1. The van der Waals surface area contributed by atoms with Crippen LogP contribution in [0.2, 0.25) is 0 Å². The highest BCUT2D eigenvalue weighted by Crippen LogP contribution is 2.29. The number of fused-ring (bicyclic) bond motifs is 1. The number of aryl methyl sites for hydroxylation is 1. The van der Waals surface area contributed by atoms with Crippen LogP contribution in [-0.4, -0.2) is 34.5 Å².